The minimum Gasteiger partial charge on any atom is -0.346 e. The number of nitrogens with zero attached hydrogens (tertiary/aromatic N) is 2. The molecule has 6 heteroatoms. The van der Waals surface area contributed by atoms with Gasteiger partial charge in [0.2, 0.25) is 5.91 Å². The number of halogens is 2. The number of para-hydroxylation sites is 2. The molecule has 0 saturated carbocycles. The number of hydrogen-bond acceptors (Lipinski definition) is 2. The number of hydrogen-bond donors (Lipinski definition) is 1. The third kappa shape index (κ3) is 5.09. The highest BCUT2D eigenvalue weighted by Crippen LogP contribution is 2.26. The molecule has 3 aromatic carbocycles. The van der Waals surface area contributed by atoms with E-state index in [9.17, 15) is 4.79 Å². The van der Waals surface area contributed by atoms with Gasteiger partial charge in [-0.25, -0.2) is 4.98 Å². The van der Waals surface area contributed by atoms with Crippen molar-refractivity contribution in [1.82, 2.24) is 14.9 Å². The van der Waals surface area contributed by atoms with E-state index in [4.69, 9.17) is 28.2 Å². The van der Waals surface area contributed by atoms with Crippen LogP contribution < -0.4 is 5.32 Å². The summed E-state index contributed by atoms with van der Waals surface area (Å²) in [6.07, 6.45) is 1.14. The SMILES string of the molecule is CC(NC(=O)CCc1ccccc1)c1nc2ccccc2n1Cc1ccc(Cl)c(Cl)c1. The van der Waals surface area contributed by atoms with Gasteiger partial charge in [-0.1, -0.05) is 71.7 Å². The van der Waals surface area contributed by atoms with Gasteiger partial charge in [-0.3, -0.25) is 4.79 Å². The Kier molecular flexibility index (Phi) is 6.59. The van der Waals surface area contributed by atoms with Crippen molar-refractivity contribution >= 4 is 40.1 Å². The zero-order valence-corrected chi connectivity index (χ0v) is 18.7. The van der Waals surface area contributed by atoms with E-state index in [0.717, 1.165) is 28.0 Å². The van der Waals surface area contributed by atoms with Crippen molar-refractivity contribution in [3.8, 4) is 0 Å². The molecule has 0 aliphatic heterocycles. The van der Waals surface area contributed by atoms with Gasteiger partial charge in [0, 0.05) is 13.0 Å². The van der Waals surface area contributed by atoms with Crippen molar-refractivity contribution in [1.29, 1.82) is 0 Å². The van der Waals surface area contributed by atoms with Crippen LogP contribution in [0.5, 0.6) is 0 Å². The maximum absolute atomic E-state index is 12.6. The normalized spacial score (nSPS) is 12.1. The van der Waals surface area contributed by atoms with E-state index >= 15 is 0 Å². The number of carbonyl (C=O) groups excluding carboxylic acids is 1. The summed E-state index contributed by atoms with van der Waals surface area (Å²) < 4.78 is 2.12. The first kappa shape index (κ1) is 21.4. The Balaban J connectivity index is 1.55. The Morgan fingerprint density at radius 2 is 1.71 bits per heavy atom. The zero-order chi connectivity index (χ0) is 21.8. The molecule has 1 amide bonds. The first-order valence-corrected chi connectivity index (χ1v) is 11.0. The molecule has 0 fully saturated rings. The topological polar surface area (TPSA) is 46.9 Å². The number of aryl methyl sites for hydroxylation is 1. The summed E-state index contributed by atoms with van der Waals surface area (Å²) in [6, 6.07) is 23.4. The van der Waals surface area contributed by atoms with Crippen LogP contribution in [0.25, 0.3) is 11.0 Å². The van der Waals surface area contributed by atoms with E-state index < -0.39 is 0 Å². The fraction of sp³-hybridized carbons (Fsp3) is 0.200. The van der Waals surface area contributed by atoms with Crippen molar-refractivity contribution in [3.63, 3.8) is 0 Å². The summed E-state index contributed by atoms with van der Waals surface area (Å²) in [7, 11) is 0. The molecule has 1 heterocycles. The number of aromatic nitrogens is 2. The van der Waals surface area contributed by atoms with Gasteiger partial charge < -0.3 is 9.88 Å². The Hall–Kier alpha value is -2.82. The minimum atomic E-state index is -0.238. The van der Waals surface area contributed by atoms with Gasteiger partial charge in [-0.05, 0) is 48.7 Å². The van der Waals surface area contributed by atoms with Gasteiger partial charge in [0.1, 0.15) is 5.82 Å². The summed E-state index contributed by atoms with van der Waals surface area (Å²) >= 11 is 12.3. The Morgan fingerprint density at radius 3 is 2.48 bits per heavy atom. The van der Waals surface area contributed by atoms with Crippen molar-refractivity contribution < 1.29 is 4.79 Å². The fourth-order valence-electron chi connectivity index (χ4n) is 3.69. The van der Waals surface area contributed by atoms with E-state index in [2.05, 4.69) is 9.88 Å². The number of rotatable bonds is 7. The highest BCUT2D eigenvalue weighted by molar-refractivity contribution is 6.42. The second-order valence-electron chi connectivity index (χ2n) is 7.57. The molecule has 4 nitrogen and oxygen atoms in total. The summed E-state index contributed by atoms with van der Waals surface area (Å²) in [5, 5.41) is 4.15. The summed E-state index contributed by atoms with van der Waals surface area (Å²) in [5.41, 5.74) is 4.07. The predicted octanol–water partition coefficient (Wildman–Crippen LogP) is 6.20. The molecule has 1 atom stereocenters. The molecule has 4 aromatic rings. The summed E-state index contributed by atoms with van der Waals surface area (Å²) in [5.74, 6) is 0.810. The summed E-state index contributed by atoms with van der Waals surface area (Å²) in [4.78, 5) is 17.4. The molecule has 4 rings (SSSR count). The maximum Gasteiger partial charge on any atom is 0.220 e. The van der Waals surface area contributed by atoms with Gasteiger partial charge in [0.05, 0.1) is 27.1 Å². The van der Waals surface area contributed by atoms with E-state index in [-0.39, 0.29) is 11.9 Å². The van der Waals surface area contributed by atoms with E-state index in [0.29, 0.717) is 29.4 Å². The number of fused-ring (bicyclic) bond motifs is 1. The molecule has 0 spiro atoms. The summed E-state index contributed by atoms with van der Waals surface area (Å²) in [6.45, 7) is 2.55. The van der Waals surface area contributed by atoms with E-state index in [1.54, 1.807) is 6.07 Å². The average Bonchev–Trinajstić information content (AvgIpc) is 3.14. The molecule has 0 aliphatic carbocycles. The smallest absolute Gasteiger partial charge is 0.220 e. The van der Waals surface area contributed by atoms with Crippen LogP contribution in [-0.4, -0.2) is 15.5 Å². The number of nitrogens with one attached hydrogen (secondary N) is 1. The van der Waals surface area contributed by atoms with Crippen LogP contribution in [0.4, 0.5) is 0 Å². The second kappa shape index (κ2) is 9.54. The van der Waals surface area contributed by atoms with Crippen LogP contribution in [0.1, 0.15) is 36.3 Å². The highest BCUT2D eigenvalue weighted by Gasteiger charge is 2.19. The molecule has 0 aliphatic rings. The average molecular weight is 452 g/mol. The fourth-order valence-corrected chi connectivity index (χ4v) is 4.01. The quantitative estimate of drug-likeness (QED) is 0.363. The standard InChI is InChI=1S/C25H23Cl2N3O/c1-17(28-24(31)14-12-18-7-3-2-4-8-18)25-29-22-9-5-6-10-23(22)30(25)16-19-11-13-20(26)21(27)15-19/h2-11,13,15,17H,12,14,16H2,1H3,(H,28,31). The molecule has 1 N–H and O–H groups in total. The molecular formula is C25H23Cl2N3O. The van der Waals surface area contributed by atoms with Crippen molar-refractivity contribution in [3.05, 3.63) is 99.8 Å². The lowest BCUT2D eigenvalue weighted by Gasteiger charge is -2.17. The minimum absolute atomic E-state index is 0.00416. The van der Waals surface area contributed by atoms with Gasteiger partial charge >= 0.3 is 0 Å². The molecule has 31 heavy (non-hydrogen) atoms. The monoisotopic (exact) mass is 451 g/mol. The second-order valence-corrected chi connectivity index (χ2v) is 8.38. The first-order chi connectivity index (χ1) is 15.0. The first-order valence-electron chi connectivity index (χ1n) is 10.2. The lowest BCUT2D eigenvalue weighted by atomic mass is 10.1. The van der Waals surface area contributed by atoms with Crippen LogP contribution in [-0.2, 0) is 17.8 Å². The number of imidazole rings is 1. The van der Waals surface area contributed by atoms with Crippen molar-refractivity contribution in [2.75, 3.05) is 0 Å². The number of carbonyl (C=O) groups is 1. The van der Waals surface area contributed by atoms with Crippen LogP contribution in [0.2, 0.25) is 10.0 Å². The largest absolute Gasteiger partial charge is 0.346 e. The highest BCUT2D eigenvalue weighted by atomic mass is 35.5. The van der Waals surface area contributed by atoms with E-state index in [1.165, 1.54) is 0 Å². The maximum atomic E-state index is 12.6. The Labute approximate surface area is 191 Å². The van der Waals surface area contributed by atoms with Crippen molar-refractivity contribution in [2.45, 2.75) is 32.4 Å². The molecule has 158 valence electrons. The van der Waals surface area contributed by atoms with Gasteiger partial charge in [-0.15, -0.1) is 0 Å². The lowest BCUT2D eigenvalue weighted by Crippen LogP contribution is -2.29. The molecule has 1 unspecified atom stereocenters. The van der Waals surface area contributed by atoms with Crippen LogP contribution >= 0.6 is 23.2 Å². The third-order valence-corrected chi connectivity index (χ3v) is 6.00. The molecule has 0 saturated heterocycles. The van der Waals surface area contributed by atoms with Gasteiger partial charge in [-0.2, -0.15) is 0 Å². The van der Waals surface area contributed by atoms with Crippen molar-refractivity contribution in [2.24, 2.45) is 0 Å². The number of benzene rings is 3. The van der Waals surface area contributed by atoms with E-state index in [1.807, 2.05) is 73.7 Å². The predicted molar refractivity (Wildman–Crippen MR) is 127 cm³/mol. The zero-order valence-electron chi connectivity index (χ0n) is 17.2. The van der Waals surface area contributed by atoms with Crippen LogP contribution in [0, 0.1) is 0 Å². The number of amides is 1. The van der Waals surface area contributed by atoms with Crippen LogP contribution in [0.15, 0.2) is 72.8 Å². The third-order valence-electron chi connectivity index (χ3n) is 5.26. The Morgan fingerprint density at radius 1 is 0.968 bits per heavy atom. The van der Waals surface area contributed by atoms with Crippen LogP contribution in [0.3, 0.4) is 0 Å². The Bertz CT molecular complexity index is 1200. The molecular weight excluding hydrogens is 429 g/mol. The molecule has 0 bridgehead atoms. The van der Waals surface area contributed by atoms with Gasteiger partial charge in [0.25, 0.3) is 0 Å². The van der Waals surface area contributed by atoms with Gasteiger partial charge in [0.15, 0.2) is 0 Å². The molecule has 1 aromatic heterocycles. The molecule has 0 radical (unpaired) electrons. The lowest BCUT2D eigenvalue weighted by molar-refractivity contribution is -0.121.